The number of ether oxygens (including phenoxy) is 1. The van der Waals surface area contributed by atoms with Crippen LogP contribution in [0.4, 0.5) is 0 Å². The highest BCUT2D eigenvalue weighted by molar-refractivity contribution is 8.00. The van der Waals surface area contributed by atoms with Crippen molar-refractivity contribution in [3.63, 3.8) is 0 Å². The van der Waals surface area contributed by atoms with Gasteiger partial charge in [0.25, 0.3) is 0 Å². The summed E-state index contributed by atoms with van der Waals surface area (Å²) in [6, 6.07) is 7.95. The van der Waals surface area contributed by atoms with Crippen LogP contribution in [0.2, 0.25) is 0 Å². The molecule has 3 nitrogen and oxygen atoms in total. The summed E-state index contributed by atoms with van der Waals surface area (Å²) >= 11 is 1.96. The van der Waals surface area contributed by atoms with Crippen molar-refractivity contribution in [1.29, 1.82) is 0 Å². The minimum atomic E-state index is -0.0288. The first-order valence-corrected chi connectivity index (χ1v) is 8.20. The molecule has 108 valence electrons. The van der Waals surface area contributed by atoms with Gasteiger partial charge >= 0.3 is 0 Å². The van der Waals surface area contributed by atoms with Crippen LogP contribution in [0.5, 0.6) is 5.75 Å². The van der Waals surface area contributed by atoms with E-state index in [1.807, 2.05) is 40.9 Å². The van der Waals surface area contributed by atoms with Crippen molar-refractivity contribution in [2.45, 2.75) is 30.9 Å². The van der Waals surface area contributed by atoms with Crippen LogP contribution in [-0.2, 0) is 4.79 Å². The number of carbonyl (C=O) groups is 1. The van der Waals surface area contributed by atoms with E-state index >= 15 is 0 Å². The lowest BCUT2D eigenvalue weighted by Gasteiger charge is -2.39. The van der Waals surface area contributed by atoms with Crippen LogP contribution < -0.4 is 4.74 Å². The van der Waals surface area contributed by atoms with E-state index in [1.54, 1.807) is 0 Å². The monoisotopic (exact) mass is 291 g/mol. The average molecular weight is 291 g/mol. The zero-order chi connectivity index (χ0) is 14.2. The molecule has 2 aliphatic rings. The summed E-state index contributed by atoms with van der Waals surface area (Å²) in [4.78, 5) is 14.9. The normalized spacial score (nSPS) is 24.7. The van der Waals surface area contributed by atoms with Gasteiger partial charge in [0.15, 0.2) is 0 Å². The van der Waals surface area contributed by atoms with Gasteiger partial charge in [-0.2, -0.15) is 11.8 Å². The lowest BCUT2D eigenvalue weighted by Crippen LogP contribution is -2.48. The molecular weight excluding hydrogens is 270 g/mol. The van der Waals surface area contributed by atoms with Crippen LogP contribution >= 0.6 is 11.8 Å². The Kier molecular flexibility index (Phi) is 3.67. The van der Waals surface area contributed by atoms with Crippen LogP contribution in [0, 0.1) is 0 Å². The number of amides is 1. The highest BCUT2D eigenvalue weighted by Crippen LogP contribution is 2.37. The molecule has 2 aliphatic heterocycles. The van der Waals surface area contributed by atoms with Crippen molar-refractivity contribution < 1.29 is 9.53 Å². The van der Waals surface area contributed by atoms with Gasteiger partial charge in [-0.15, -0.1) is 0 Å². The fourth-order valence-corrected chi connectivity index (χ4v) is 4.13. The SMILES string of the molecule is CC1(C)CN(C(=O)C2CCOc3ccccc32)CCS1. The largest absolute Gasteiger partial charge is 0.493 e. The zero-order valence-corrected chi connectivity index (χ0v) is 12.9. The molecule has 0 saturated carbocycles. The average Bonchev–Trinajstić information content (AvgIpc) is 2.45. The van der Waals surface area contributed by atoms with E-state index in [-0.39, 0.29) is 16.6 Å². The molecule has 0 aliphatic carbocycles. The number of hydrogen-bond donors (Lipinski definition) is 0. The molecule has 1 aromatic carbocycles. The molecule has 20 heavy (non-hydrogen) atoms. The maximum absolute atomic E-state index is 12.9. The van der Waals surface area contributed by atoms with Crippen LogP contribution in [0.15, 0.2) is 24.3 Å². The van der Waals surface area contributed by atoms with Crippen LogP contribution in [0.3, 0.4) is 0 Å². The molecule has 0 aromatic heterocycles. The Hall–Kier alpha value is -1.16. The molecular formula is C16H21NO2S. The molecule has 0 bridgehead atoms. The summed E-state index contributed by atoms with van der Waals surface area (Å²) < 4.78 is 5.82. The number of benzene rings is 1. The Morgan fingerprint density at radius 2 is 2.20 bits per heavy atom. The van der Waals surface area contributed by atoms with Crippen molar-refractivity contribution in [2.75, 3.05) is 25.4 Å². The van der Waals surface area contributed by atoms with Crippen molar-refractivity contribution in [1.82, 2.24) is 4.90 Å². The third-order valence-electron chi connectivity index (χ3n) is 3.99. The van der Waals surface area contributed by atoms with Gasteiger partial charge in [-0.25, -0.2) is 0 Å². The summed E-state index contributed by atoms with van der Waals surface area (Å²) in [7, 11) is 0. The van der Waals surface area contributed by atoms with Gasteiger partial charge in [-0.1, -0.05) is 18.2 Å². The second kappa shape index (κ2) is 5.32. The molecule has 1 saturated heterocycles. The fourth-order valence-electron chi connectivity index (χ4n) is 3.02. The number of hydrogen-bond acceptors (Lipinski definition) is 3. The van der Waals surface area contributed by atoms with Gasteiger partial charge in [-0.3, -0.25) is 4.79 Å². The number of rotatable bonds is 1. The minimum Gasteiger partial charge on any atom is -0.493 e. The predicted octanol–water partition coefficient (Wildman–Crippen LogP) is 2.91. The summed E-state index contributed by atoms with van der Waals surface area (Å²) in [5.74, 6) is 2.15. The first-order chi connectivity index (χ1) is 9.57. The number of para-hydroxylation sites is 1. The smallest absolute Gasteiger partial charge is 0.230 e. The standard InChI is InChI=1S/C16H21NO2S/c1-16(2)11-17(8-10-20-16)15(18)13-7-9-19-14-6-4-3-5-12(13)14/h3-6,13H,7-11H2,1-2H3. The second-order valence-corrected chi connectivity index (χ2v) is 7.90. The Bertz CT molecular complexity index is 515. The molecule has 1 amide bonds. The van der Waals surface area contributed by atoms with E-state index in [1.165, 1.54) is 0 Å². The summed E-state index contributed by atoms with van der Waals surface area (Å²) in [5, 5.41) is 0. The highest BCUT2D eigenvalue weighted by Gasteiger charge is 2.35. The Labute approximate surface area is 124 Å². The van der Waals surface area contributed by atoms with Crippen molar-refractivity contribution >= 4 is 17.7 Å². The molecule has 1 aromatic rings. The number of thioether (sulfide) groups is 1. The van der Waals surface area contributed by atoms with E-state index in [9.17, 15) is 4.79 Å². The molecule has 1 unspecified atom stereocenters. The first kappa shape index (κ1) is 13.8. The van der Waals surface area contributed by atoms with E-state index in [0.717, 1.165) is 36.6 Å². The van der Waals surface area contributed by atoms with Gasteiger partial charge < -0.3 is 9.64 Å². The first-order valence-electron chi connectivity index (χ1n) is 7.21. The van der Waals surface area contributed by atoms with E-state index in [4.69, 9.17) is 4.74 Å². The van der Waals surface area contributed by atoms with Gasteiger partial charge in [-0.05, 0) is 26.3 Å². The molecule has 0 spiro atoms. The minimum absolute atomic E-state index is 0.0288. The molecule has 2 heterocycles. The van der Waals surface area contributed by atoms with E-state index in [2.05, 4.69) is 13.8 Å². The maximum atomic E-state index is 12.9. The Balaban J connectivity index is 1.81. The summed E-state index contributed by atoms with van der Waals surface area (Å²) in [6.45, 7) is 6.78. The molecule has 4 heteroatoms. The third-order valence-corrected chi connectivity index (χ3v) is 5.29. The van der Waals surface area contributed by atoms with Crippen molar-refractivity contribution in [3.8, 4) is 5.75 Å². The molecule has 1 atom stereocenters. The van der Waals surface area contributed by atoms with Gasteiger partial charge in [0.1, 0.15) is 5.75 Å². The molecule has 0 radical (unpaired) electrons. The van der Waals surface area contributed by atoms with Gasteiger partial charge in [0, 0.05) is 29.2 Å². The summed E-state index contributed by atoms with van der Waals surface area (Å²) in [6.07, 6.45) is 0.792. The quantitative estimate of drug-likeness (QED) is 0.797. The lowest BCUT2D eigenvalue weighted by molar-refractivity contribution is -0.133. The van der Waals surface area contributed by atoms with Crippen molar-refractivity contribution in [3.05, 3.63) is 29.8 Å². The molecule has 1 fully saturated rings. The van der Waals surface area contributed by atoms with Crippen molar-refractivity contribution in [2.24, 2.45) is 0 Å². The number of carbonyl (C=O) groups excluding carboxylic acids is 1. The predicted molar refractivity (Wildman–Crippen MR) is 82.4 cm³/mol. The topological polar surface area (TPSA) is 29.5 Å². The Morgan fingerprint density at radius 3 is 3.00 bits per heavy atom. The van der Waals surface area contributed by atoms with E-state index < -0.39 is 0 Å². The van der Waals surface area contributed by atoms with Gasteiger partial charge in [0.05, 0.1) is 12.5 Å². The lowest BCUT2D eigenvalue weighted by atomic mass is 9.91. The maximum Gasteiger partial charge on any atom is 0.230 e. The highest BCUT2D eigenvalue weighted by atomic mass is 32.2. The van der Waals surface area contributed by atoms with Crippen LogP contribution in [0.25, 0.3) is 0 Å². The molecule has 0 N–H and O–H groups in total. The van der Waals surface area contributed by atoms with Gasteiger partial charge in [0.2, 0.25) is 5.91 Å². The van der Waals surface area contributed by atoms with Crippen LogP contribution in [-0.4, -0.2) is 41.0 Å². The second-order valence-electron chi connectivity index (χ2n) is 6.10. The fraction of sp³-hybridized carbons (Fsp3) is 0.562. The zero-order valence-electron chi connectivity index (χ0n) is 12.1. The van der Waals surface area contributed by atoms with Crippen LogP contribution in [0.1, 0.15) is 31.7 Å². The Morgan fingerprint density at radius 1 is 1.40 bits per heavy atom. The number of nitrogens with zero attached hydrogens (tertiary/aromatic N) is 1. The summed E-state index contributed by atoms with van der Waals surface area (Å²) in [5.41, 5.74) is 1.06. The molecule has 3 rings (SSSR count). The third kappa shape index (κ3) is 2.66. The van der Waals surface area contributed by atoms with E-state index in [0.29, 0.717) is 6.61 Å². The number of fused-ring (bicyclic) bond motifs is 1.